The molecule has 1 aromatic rings. The Labute approximate surface area is 190 Å². The lowest BCUT2D eigenvalue weighted by Gasteiger charge is -2.40. The van der Waals surface area contributed by atoms with E-state index in [4.69, 9.17) is 4.74 Å². The van der Waals surface area contributed by atoms with Gasteiger partial charge < -0.3 is 20.3 Å². The Bertz CT molecular complexity index is 803. The number of nitro groups is 1. The van der Waals surface area contributed by atoms with Gasteiger partial charge >= 0.3 is 0 Å². The van der Waals surface area contributed by atoms with E-state index in [1.165, 1.54) is 6.07 Å². The third-order valence-corrected chi connectivity index (χ3v) is 6.93. The predicted molar refractivity (Wildman–Crippen MR) is 122 cm³/mol. The zero-order chi connectivity index (χ0) is 21.8. The number of halogens is 1. The van der Waals surface area contributed by atoms with Gasteiger partial charge in [0.25, 0.3) is 11.6 Å². The average Bonchev–Trinajstić information content (AvgIpc) is 2.80. The average molecular weight is 496 g/mol. The maximum atomic E-state index is 13.5. The number of ether oxygens (including phenoxy) is 1. The maximum Gasteiger partial charge on any atom is 0.294 e. The molecular weight excluding hydrogens is 466 g/mol. The molecule has 0 radical (unpaired) electrons. The van der Waals surface area contributed by atoms with Crippen LogP contribution in [0.2, 0.25) is 0 Å². The van der Waals surface area contributed by atoms with Crippen LogP contribution in [-0.2, 0) is 4.74 Å². The van der Waals surface area contributed by atoms with E-state index in [2.05, 4.69) is 31.5 Å². The minimum Gasteiger partial charge on any atom is -0.379 e. The largest absolute Gasteiger partial charge is 0.379 e. The van der Waals surface area contributed by atoms with Crippen LogP contribution in [0.1, 0.15) is 36.0 Å². The third kappa shape index (κ3) is 5.36. The molecule has 0 spiro atoms. The van der Waals surface area contributed by atoms with Crippen LogP contribution < -0.4 is 10.6 Å². The van der Waals surface area contributed by atoms with Crippen molar-refractivity contribution in [2.45, 2.75) is 37.8 Å². The molecule has 1 aromatic carbocycles. The van der Waals surface area contributed by atoms with Crippen molar-refractivity contribution in [3.63, 3.8) is 0 Å². The van der Waals surface area contributed by atoms with Gasteiger partial charge in [-0.15, -0.1) is 0 Å². The Morgan fingerprint density at radius 3 is 2.58 bits per heavy atom. The van der Waals surface area contributed by atoms with Crippen LogP contribution in [0.5, 0.6) is 0 Å². The summed E-state index contributed by atoms with van der Waals surface area (Å²) < 4.78 is 5.99. The second-order valence-corrected chi connectivity index (χ2v) is 9.38. The first-order chi connectivity index (χ1) is 15.0. The lowest BCUT2D eigenvalue weighted by molar-refractivity contribution is -0.384. The lowest BCUT2D eigenvalue weighted by atomic mass is 10.0. The van der Waals surface area contributed by atoms with E-state index in [1.54, 1.807) is 6.07 Å². The van der Waals surface area contributed by atoms with Crippen LogP contribution in [0.25, 0.3) is 0 Å². The molecular formula is C21H30BrN5O4. The molecule has 31 heavy (non-hydrogen) atoms. The third-order valence-electron chi connectivity index (χ3n) is 6.47. The Kier molecular flexibility index (Phi) is 7.42. The van der Waals surface area contributed by atoms with Crippen molar-refractivity contribution in [3.8, 4) is 0 Å². The highest BCUT2D eigenvalue weighted by molar-refractivity contribution is 9.10. The van der Waals surface area contributed by atoms with Gasteiger partial charge in [-0.2, -0.15) is 0 Å². The summed E-state index contributed by atoms with van der Waals surface area (Å²) in [4.78, 5) is 29.1. The number of morpholine rings is 1. The summed E-state index contributed by atoms with van der Waals surface area (Å²) in [6.45, 7) is 6.42. The van der Waals surface area contributed by atoms with Gasteiger partial charge in [0.05, 0.1) is 23.7 Å². The van der Waals surface area contributed by atoms with Gasteiger partial charge in [-0.25, -0.2) is 0 Å². The quantitative estimate of drug-likeness (QED) is 0.477. The van der Waals surface area contributed by atoms with E-state index in [9.17, 15) is 14.9 Å². The summed E-state index contributed by atoms with van der Waals surface area (Å²) in [5.41, 5.74) is 0.644. The highest BCUT2D eigenvalue weighted by Crippen LogP contribution is 2.35. The molecule has 170 valence electrons. The highest BCUT2D eigenvalue weighted by atomic mass is 79.9. The summed E-state index contributed by atoms with van der Waals surface area (Å²) >= 11 is 3.36. The van der Waals surface area contributed by atoms with Crippen molar-refractivity contribution in [2.24, 2.45) is 0 Å². The fraction of sp³-hybridized carbons (Fsp3) is 0.667. The molecule has 1 amide bonds. The van der Waals surface area contributed by atoms with E-state index in [0.717, 1.165) is 65.1 Å². The smallest absolute Gasteiger partial charge is 0.294 e. The zero-order valence-corrected chi connectivity index (χ0v) is 19.2. The number of hydrogen-bond acceptors (Lipinski definition) is 7. The summed E-state index contributed by atoms with van der Waals surface area (Å²) in [5.74, 6) is -0.143. The Morgan fingerprint density at radius 1 is 1.19 bits per heavy atom. The fourth-order valence-corrected chi connectivity index (χ4v) is 5.23. The molecule has 1 atom stereocenters. The number of likely N-dealkylation sites (tertiary alicyclic amines) is 1. The Balaban J connectivity index is 1.52. The van der Waals surface area contributed by atoms with Crippen molar-refractivity contribution in [2.75, 3.05) is 57.8 Å². The number of nitrogens with one attached hydrogen (secondary N) is 2. The van der Waals surface area contributed by atoms with E-state index in [1.807, 2.05) is 4.90 Å². The van der Waals surface area contributed by atoms with Crippen molar-refractivity contribution in [1.82, 2.24) is 15.1 Å². The number of rotatable bonds is 5. The Hall–Kier alpha value is -1.75. The van der Waals surface area contributed by atoms with Crippen LogP contribution in [0.3, 0.4) is 0 Å². The molecule has 10 heteroatoms. The number of carbonyl (C=O) groups is 1. The van der Waals surface area contributed by atoms with Crippen LogP contribution in [0.15, 0.2) is 16.6 Å². The zero-order valence-electron chi connectivity index (χ0n) is 17.6. The number of hydrogen-bond donors (Lipinski definition) is 2. The van der Waals surface area contributed by atoms with Crippen molar-refractivity contribution in [3.05, 3.63) is 32.3 Å². The van der Waals surface area contributed by atoms with Crippen LogP contribution in [0, 0.1) is 10.1 Å². The summed E-state index contributed by atoms with van der Waals surface area (Å²) in [7, 11) is 0. The molecule has 0 unspecified atom stereocenters. The number of piperidine rings is 2. The topological polar surface area (TPSA) is 100.0 Å². The molecule has 0 aliphatic carbocycles. The first kappa shape index (κ1) is 22.4. The Morgan fingerprint density at radius 2 is 1.94 bits per heavy atom. The minimum absolute atomic E-state index is 0.0623. The van der Waals surface area contributed by atoms with Crippen molar-refractivity contribution < 1.29 is 14.5 Å². The summed E-state index contributed by atoms with van der Waals surface area (Å²) in [5, 5.41) is 18.4. The molecule has 9 nitrogen and oxygen atoms in total. The number of anilines is 1. The molecule has 0 bridgehead atoms. The molecule has 3 aliphatic rings. The molecule has 3 fully saturated rings. The van der Waals surface area contributed by atoms with E-state index < -0.39 is 4.92 Å². The SMILES string of the molecule is O=C(c1cc(Br)cc([N+](=O)[O-])c1N[C@@H]1CCCNC1)N1CCC(N2CCOCC2)CC1. The van der Waals surface area contributed by atoms with Crippen molar-refractivity contribution >= 4 is 33.2 Å². The van der Waals surface area contributed by atoms with Gasteiger partial charge in [0.15, 0.2) is 0 Å². The number of carbonyl (C=O) groups excluding carboxylic acids is 1. The molecule has 0 aromatic heterocycles. The number of amides is 1. The molecule has 4 rings (SSSR count). The fourth-order valence-electron chi connectivity index (χ4n) is 4.78. The first-order valence-electron chi connectivity index (χ1n) is 11.1. The maximum absolute atomic E-state index is 13.5. The number of nitrogens with zero attached hydrogens (tertiary/aromatic N) is 3. The first-order valence-corrected chi connectivity index (χ1v) is 11.9. The van der Waals surface area contributed by atoms with Gasteiger partial charge in [0, 0.05) is 55.3 Å². The summed E-state index contributed by atoms with van der Waals surface area (Å²) in [6.07, 6.45) is 3.74. The highest BCUT2D eigenvalue weighted by Gasteiger charge is 2.32. The predicted octanol–water partition coefficient (Wildman–Crippen LogP) is 2.46. The second-order valence-electron chi connectivity index (χ2n) is 8.46. The molecule has 2 N–H and O–H groups in total. The van der Waals surface area contributed by atoms with Crippen molar-refractivity contribution in [1.29, 1.82) is 0 Å². The monoisotopic (exact) mass is 495 g/mol. The number of benzene rings is 1. The standard InChI is InChI=1S/C21H30BrN5O4/c22-15-12-18(20(19(13-15)27(29)30)24-16-2-1-5-23-14-16)21(28)26-6-3-17(4-7-26)25-8-10-31-11-9-25/h12-13,16-17,23-24H,1-11,14H2/t16-/m1/s1. The molecule has 3 saturated heterocycles. The normalized spacial score (nSPS) is 23.5. The lowest BCUT2D eigenvalue weighted by Crippen LogP contribution is -2.50. The molecule has 3 heterocycles. The molecule has 3 aliphatic heterocycles. The van der Waals surface area contributed by atoms with E-state index in [-0.39, 0.29) is 17.6 Å². The van der Waals surface area contributed by atoms with Crippen LogP contribution in [-0.4, -0.2) is 85.2 Å². The van der Waals surface area contributed by atoms with Gasteiger partial charge in [-0.05, 0) is 38.3 Å². The van der Waals surface area contributed by atoms with Gasteiger partial charge in [-0.3, -0.25) is 19.8 Å². The van der Waals surface area contributed by atoms with Gasteiger partial charge in [-0.1, -0.05) is 15.9 Å². The minimum atomic E-state index is -0.412. The molecule has 0 saturated carbocycles. The van der Waals surface area contributed by atoms with E-state index in [0.29, 0.717) is 34.9 Å². The van der Waals surface area contributed by atoms with Crippen LogP contribution >= 0.6 is 15.9 Å². The van der Waals surface area contributed by atoms with Gasteiger partial charge in [0.1, 0.15) is 5.69 Å². The van der Waals surface area contributed by atoms with Gasteiger partial charge in [0.2, 0.25) is 0 Å². The van der Waals surface area contributed by atoms with Crippen LogP contribution in [0.4, 0.5) is 11.4 Å². The van der Waals surface area contributed by atoms with E-state index >= 15 is 0 Å². The summed E-state index contributed by atoms with van der Waals surface area (Å²) in [6, 6.07) is 3.71. The second kappa shape index (κ2) is 10.2. The number of nitro benzene ring substituents is 1.